The lowest BCUT2D eigenvalue weighted by molar-refractivity contribution is 0.223. The van der Waals surface area contributed by atoms with Gasteiger partial charge >= 0.3 is 0 Å². The van der Waals surface area contributed by atoms with Crippen molar-refractivity contribution in [2.24, 2.45) is 0 Å². The Morgan fingerprint density at radius 3 is 2.82 bits per heavy atom. The third-order valence-corrected chi connectivity index (χ3v) is 3.44. The first kappa shape index (κ1) is 12.4. The minimum absolute atomic E-state index is 0.225. The van der Waals surface area contributed by atoms with Crippen molar-refractivity contribution in [2.45, 2.75) is 11.3 Å². The fourth-order valence-corrected chi connectivity index (χ4v) is 2.22. The Morgan fingerprint density at radius 2 is 2.12 bits per heavy atom. The lowest BCUT2D eigenvalue weighted by Gasteiger charge is -2.02. The Bertz CT molecular complexity index is 463. The molecule has 0 radical (unpaired) electrons. The summed E-state index contributed by atoms with van der Waals surface area (Å²) in [5.41, 5.74) is 0.991. The van der Waals surface area contributed by atoms with Crippen LogP contribution < -0.4 is 0 Å². The molecular weight excluding hydrogens is 258 g/mol. The number of hydrogen-bond donors (Lipinski definition) is 2. The highest BCUT2D eigenvalue weighted by Gasteiger charge is 2.08. The lowest BCUT2D eigenvalue weighted by atomic mass is 10.2. The molecule has 0 aliphatic carbocycles. The molecule has 0 aliphatic rings. The molecule has 1 aromatic carbocycles. The zero-order valence-corrected chi connectivity index (χ0v) is 10.6. The monoisotopic (exact) mass is 269 g/mol. The Balaban J connectivity index is 2.01. The van der Waals surface area contributed by atoms with Crippen LogP contribution in [0.15, 0.2) is 35.5 Å². The van der Waals surface area contributed by atoms with Gasteiger partial charge in [-0.3, -0.25) is 5.10 Å². The first-order valence-corrected chi connectivity index (χ1v) is 6.66. The van der Waals surface area contributed by atoms with Gasteiger partial charge in [-0.25, -0.2) is 4.98 Å². The molecule has 6 heteroatoms. The number of nitrogens with one attached hydrogen (secondary N) is 1. The van der Waals surface area contributed by atoms with Crippen molar-refractivity contribution in [2.75, 3.05) is 11.6 Å². The molecule has 90 valence electrons. The van der Waals surface area contributed by atoms with Crippen molar-refractivity contribution < 1.29 is 5.11 Å². The van der Waals surface area contributed by atoms with Crippen LogP contribution in [0, 0.1) is 0 Å². The number of alkyl halides is 1. The Morgan fingerprint density at radius 1 is 1.35 bits per heavy atom. The number of aromatic amines is 1. The van der Waals surface area contributed by atoms with E-state index >= 15 is 0 Å². The van der Waals surface area contributed by atoms with Gasteiger partial charge in [0.15, 0.2) is 5.82 Å². The van der Waals surface area contributed by atoms with E-state index in [4.69, 9.17) is 11.6 Å². The number of rotatable bonds is 5. The normalized spacial score (nSPS) is 12.6. The van der Waals surface area contributed by atoms with Gasteiger partial charge in [0.1, 0.15) is 0 Å². The topological polar surface area (TPSA) is 61.8 Å². The average molecular weight is 270 g/mol. The van der Waals surface area contributed by atoms with E-state index in [0.29, 0.717) is 10.9 Å². The van der Waals surface area contributed by atoms with Crippen LogP contribution in [0.3, 0.4) is 0 Å². The van der Waals surface area contributed by atoms with Crippen molar-refractivity contribution >= 4 is 23.4 Å². The number of thioether (sulfide) groups is 1. The zero-order chi connectivity index (χ0) is 12.1. The smallest absolute Gasteiger partial charge is 0.208 e. The number of benzene rings is 1. The maximum absolute atomic E-state index is 9.32. The van der Waals surface area contributed by atoms with Crippen LogP contribution in [-0.2, 0) is 0 Å². The minimum atomic E-state index is -0.527. The summed E-state index contributed by atoms with van der Waals surface area (Å²) in [4.78, 5) is 4.33. The molecule has 0 spiro atoms. The Kier molecular flexibility index (Phi) is 4.42. The maximum atomic E-state index is 9.32. The summed E-state index contributed by atoms with van der Waals surface area (Å²) in [6, 6.07) is 9.77. The SMILES string of the molecule is OC(CCl)CSc1n[nH]c(-c2ccccc2)n1. The summed E-state index contributed by atoms with van der Waals surface area (Å²) in [6.07, 6.45) is -0.527. The van der Waals surface area contributed by atoms with Gasteiger partial charge < -0.3 is 5.11 Å². The van der Waals surface area contributed by atoms with Crippen LogP contribution in [0.5, 0.6) is 0 Å². The second-order valence-electron chi connectivity index (χ2n) is 3.45. The standard InChI is InChI=1S/C11H12ClN3OS/c12-6-9(16)7-17-11-13-10(14-15-11)8-4-2-1-3-5-8/h1-5,9,16H,6-7H2,(H,13,14,15). The van der Waals surface area contributed by atoms with E-state index in [0.717, 1.165) is 11.4 Å². The number of aromatic nitrogens is 3. The second kappa shape index (κ2) is 6.05. The molecule has 1 unspecified atom stereocenters. The molecule has 1 atom stereocenters. The first-order valence-electron chi connectivity index (χ1n) is 5.14. The van der Waals surface area contributed by atoms with Crippen molar-refractivity contribution in [3.8, 4) is 11.4 Å². The summed E-state index contributed by atoms with van der Waals surface area (Å²) in [6.45, 7) is 0. The summed E-state index contributed by atoms with van der Waals surface area (Å²) < 4.78 is 0. The van der Waals surface area contributed by atoms with E-state index in [9.17, 15) is 5.11 Å². The predicted octanol–water partition coefficient (Wildman–Crippen LogP) is 2.16. The highest BCUT2D eigenvalue weighted by atomic mass is 35.5. The Labute approximate surface area is 108 Å². The van der Waals surface area contributed by atoms with E-state index in [-0.39, 0.29) is 5.88 Å². The third kappa shape index (κ3) is 3.46. The molecule has 0 amide bonds. The quantitative estimate of drug-likeness (QED) is 0.645. The molecule has 0 saturated heterocycles. The Hall–Kier alpha value is -1.04. The van der Waals surface area contributed by atoms with Gasteiger partial charge in [0.2, 0.25) is 5.16 Å². The molecule has 4 nitrogen and oxygen atoms in total. The summed E-state index contributed by atoms with van der Waals surface area (Å²) in [7, 11) is 0. The van der Waals surface area contributed by atoms with Gasteiger partial charge in [0.05, 0.1) is 6.10 Å². The largest absolute Gasteiger partial charge is 0.391 e. The van der Waals surface area contributed by atoms with E-state index in [1.807, 2.05) is 30.3 Å². The fraction of sp³-hybridized carbons (Fsp3) is 0.273. The first-order chi connectivity index (χ1) is 8.29. The van der Waals surface area contributed by atoms with E-state index in [2.05, 4.69) is 15.2 Å². The number of aliphatic hydroxyl groups is 1. The summed E-state index contributed by atoms with van der Waals surface area (Å²) in [5, 5.41) is 16.9. The van der Waals surface area contributed by atoms with Gasteiger partial charge in [0, 0.05) is 17.2 Å². The van der Waals surface area contributed by atoms with E-state index < -0.39 is 6.10 Å². The van der Waals surface area contributed by atoms with Gasteiger partial charge in [-0.2, -0.15) is 0 Å². The number of halogens is 1. The van der Waals surface area contributed by atoms with Crippen molar-refractivity contribution in [1.82, 2.24) is 15.2 Å². The molecule has 0 aliphatic heterocycles. The van der Waals surface area contributed by atoms with Crippen molar-refractivity contribution in [1.29, 1.82) is 0 Å². The molecule has 0 bridgehead atoms. The molecule has 2 N–H and O–H groups in total. The predicted molar refractivity (Wildman–Crippen MR) is 69.3 cm³/mol. The van der Waals surface area contributed by atoms with Crippen LogP contribution in [0.4, 0.5) is 0 Å². The molecule has 17 heavy (non-hydrogen) atoms. The van der Waals surface area contributed by atoms with Crippen LogP contribution in [0.25, 0.3) is 11.4 Å². The molecule has 2 rings (SSSR count). The number of hydrogen-bond acceptors (Lipinski definition) is 4. The highest BCUT2D eigenvalue weighted by Crippen LogP contribution is 2.19. The highest BCUT2D eigenvalue weighted by molar-refractivity contribution is 7.99. The number of H-pyrrole nitrogens is 1. The average Bonchev–Trinajstić information content (AvgIpc) is 2.86. The molecule has 2 aromatic rings. The van der Waals surface area contributed by atoms with Gasteiger partial charge in [-0.15, -0.1) is 16.7 Å². The molecule has 1 heterocycles. The van der Waals surface area contributed by atoms with E-state index in [1.165, 1.54) is 11.8 Å². The summed E-state index contributed by atoms with van der Waals surface area (Å²) in [5.74, 6) is 1.45. The van der Waals surface area contributed by atoms with Gasteiger partial charge in [-0.1, -0.05) is 42.1 Å². The number of aliphatic hydroxyl groups excluding tert-OH is 1. The van der Waals surface area contributed by atoms with E-state index in [1.54, 1.807) is 0 Å². The van der Waals surface area contributed by atoms with Crippen LogP contribution >= 0.6 is 23.4 Å². The molecular formula is C11H12ClN3OS. The van der Waals surface area contributed by atoms with Crippen molar-refractivity contribution in [3.63, 3.8) is 0 Å². The fourth-order valence-electron chi connectivity index (χ4n) is 1.25. The summed E-state index contributed by atoms with van der Waals surface area (Å²) >= 11 is 6.89. The van der Waals surface area contributed by atoms with Gasteiger partial charge in [-0.05, 0) is 0 Å². The van der Waals surface area contributed by atoms with Gasteiger partial charge in [0.25, 0.3) is 0 Å². The van der Waals surface area contributed by atoms with Crippen LogP contribution in [0.2, 0.25) is 0 Å². The zero-order valence-electron chi connectivity index (χ0n) is 9.01. The van der Waals surface area contributed by atoms with Crippen LogP contribution in [-0.4, -0.2) is 38.0 Å². The second-order valence-corrected chi connectivity index (χ2v) is 4.75. The maximum Gasteiger partial charge on any atom is 0.208 e. The van der Waals surface area contributed by atoms with Crippen LogP contribution in [0.1, 0.15) is 0 Å². The molecule has 1 aromatic heterocycles. The third-order valence-electron chi connectivity index (χ3n) is 2.10. The molecule has 0 fully saturated rings. The van der Waals surface area contributed by atoms with Crippen molar-refractivity contribution in [3.05, 3.63) is 30.3 Å². The lowest BCUT2D eigenvalue weighted by Crippen LogP contribution is -2.11. The minimum Gasteiger partial charge on any atom is -0.391 e. The number of nitrogens with zero attached hydrogens (tertiary/aromatic N) is 2. The molecule has 0 saturated carbocycles.